The maximum absolute atomic E-state index is 11.5. The van der Waals surface area contributed by atoms with E-state index in [1.807, 2.05) is 44.2 Å². The summed E-state index contributed by atoms with van der Waals surface area (Å²) in [7, 11) is 3.27. The second-order valence-electron chi connectivity index (χ2n) is 3.80. The molecule has 0 heterocycles. The van der Waals surface area contributed by atoms with Gasteiger partial charge in [-0.3, -0.25) is 4.79 Å². The summed E-state index contributed by atoms with van der Waals surface area (Å²) in [6.45, 7) is 5.47. The smallest absolute Gasteiger partial charge is 0.317 e. The van der Waals surface area contributed by atoms with E-state index in [4.69, 9.17) is 0 Å². The number of hydrogen-bond donors (Lipinski definition) is 1. The van der Waals surface area contributed by atoms with E-state index < -0.39 is 6.04 Å². The maximum atomic E-state index is 11.5. The Labute approximate surface area is 109 Å². The molecule has 0 aromatic heterocycles. The summed E-state index contributed by atoms with van der Waals surface area (Å²) in [5.41, 5.74) is 0.796. The minimum absolute atomic E-state index is 0.0820. The van der Waals surface area contributed by atoms with Gasteiger partial charge in [-0.15, -0.1) is 0 Å². The van der Waals surface area contributed by atoms with Crippen LogP contribution in [-0.2, 0) is 4.79 Å². The average Bonchev–Trinajstić information content (AvgIpc) is 2.38. The van der Waals surface area contributed by atoms with Crippen LogP contribution in [0.15, 0.2) is 30.3 Å². The van der Waals surface area contributed by atoms with Crippen molar-refractivity contribution >= 4 is 11.8 Å². The number of benzene rings is 1. The van der Waals surface area contributed by atoms with E-state index in [1.54, 1.807) is 14.1 Å². The highest BCUT2D eigenvalue weighted by atomic mass is 16.2. The van der Waals surface area contributed by atoms with Crippen LogP contribution >= 0.6 is 0 Å². The van der Waals surface area contributed by atoms with E-state index >= 15 is 0 Å². The summed E-state index contributed by atoms with van der Waals surface area (Å²) in [5, 5.41) is 2.67. The number of urea groups is 1. The van der Waals surface area contributed by atoms with E-state index in [0.29, 0.717) is 0 Å². The molecule has 4 heteroatoms. The molecule has 1 aromatic carbocycles. The third-order valence-corrected chi connectivity index (χ3v) is 2.21. The van der Waals surface area contributed by atoms with Gasteiger partial charge in [-0.25, -0.2) is 4.79 Å². The van der Waals surface area contributed by atoms with Crippen molar-refractivity contribution in [2.75, 3.05) is 14.1 Å². The monoisotopic (exact) mass is 250 g/mol. The van der Waals surface area contributed by atoms with Gasteiger partial charge >= 0.3 is 6.03 Å². The Morgan fingerprint density at radius 2 is 1.61 bits per heavy atom. The number of carbonyl (C=O) groups is 2. The highest BCUT2D eigenvalue weighted by Crippen LogP contribution is 2.13. The molecule has 4 nitrogen and oxygen atoms in total. The Morgan fingerprint density at radius 3 is 2.00 bits per heavy atom. The van der Waals surface area contributed by atoms with Gasteiger partial charge in [0.15, 0.2) is 5.78 Å². The van der Waals surface area contributed by atoms with E-state index in [9.17, 15) is 9.59 Å². The fraction of sp³-hybridized carbons (Fsp3) is 0.429. The number of carbonyl (C=O) groups excluding carboxylic acids is 2. The molecule has 0 aliphatic rings. The zero-order chi connectivity index (χ0) is 14.1. The van der Waals surface area contributed by atoms with Crippen molar-refractivity contribution in [3.63, 3.8) is 0 Å². The Bertz CT molecular complexity index is 375. The van der Waals surface area contributed by atoms with Crippen LogP contribution in [0.2, 0.25) is 0 Å². The Hall–Kier alpha value is -1.84. The molecule has 1 rings (SSSR count). The molecule has 0 spiro atoms. The van der Waals surface area contributed by atoms with Gasteiger partial charge < -0.3 is 10.2 Å². The molecule has 0 bridgehead atoms. The van der Waals surface area contributed by atoms with Gasteiger partial charge in [-0.05, 0) is 12.5 Å². The van der Waals surface area contributed by atoms with Gasteiger partial charge in [0.1, 0.15) is 6.04 Å². The van der Waals surface area contributed by atoms with Crippen LogP contribution in [0, 0.1) is 0 Å². The van der Waals surface area contributed by atoms with Gasteiger partial charge in [0, 0.05) is 14.1 Å². The molecule has 0 saturated carbocycles. The summed E-state index contributed by atoms with van der Waals surface area (Å²) >= 11 is 0. The molecular weight excluding hydrogens is 228 g/mol. The van der Waals surface area contributed by atoms with Gasteiger partial charge in [-0.2, -0.15) is 0 Å². The molecule has 0 saturated heterocycles. The lowest BCUT2D eigenvalue weighted by Gasteiger charge is -2.19. The van der Waals surface area contributed by atoms with Crippen LogP contribution < -0.4 is 5.32 Å². The first kappa shape index (κ1) is 16.2. The predicted molar refractivity (Wildman–Crippen MR) is 73.4 cm³/mol. The third kappa shape index (κ3) is 4.99. The first-order valence-electron chi connectivity index (χ1n) is 6.05. The van der Waals surface area contributed by atoms with Crippen LogP contribution in [0.1, 0.15) is 32.4 Å². The SMILES string of the molecule is CC.CC(=O)C(NC(=O)N(C)C)c1ccccc1. The summed E-state index contributed by atoms with van der Waals surface area (Å²) < 4.78 is 0. The predicted octanol–water partition coefficient (Wildman–Crippen LogP) is 2.61. The van der Waals surface area contributed by atoms with Crippen LogP contribution in [0.25, 0.3) is 0 Å². The van der Waals surface area contributed by atoms with E-state index in [0.717, 1.165) is 5.56 Å². The molecule has 18 heavy (non-hydrogen) atoms. The van der Waals surface area contributed by atoms with Crippen molar-refractivity contribution in [2.24, 2.45) is 0 Å². The lowest BCUT2D eigenvalue weighted by molar-refractivity contribution is -0.118. The standard InChI is InChI=1S/C12H16N2O2.C2H6/c1-9(15)11(13-12(16)14(2)3)10-7-5-4-6-8-10;1-2/h4-8,11H,1-3H3,(H,13,16);1-2H3. The molecule has 1 N–H and O–H groups in total. The van der Waals surface area contributed by atoms with Gasteiger partial charge in [0.2, 0.25) is 0 Å². The highest BCUT2D eigenvalue weighted by Gasteiger charge is 2.19. The molecule has 1 unspecified atom stereocenters. The Balaban J connectivity index is 0.00000137. The number of hydrogen-bond acceptors (Lipinski definition) is 2. The van der Waals surface area contributed by atoms with Crippen molar-refractivity contribution in [1.29, 1.82) is 0 Å². The first-order chi connectivity index (χ1) is 8.52. The van der Waals surface area contributed by atoms with Crippen molar-refractivity contribution in [2.45, 2.75) is 26.8 Å². The zero-order valence-electron chi connectivity index (χ0n) is 11.7. The fourth-order valence-corrected chi connectivity index (χ4v) is 1.32. The van der Waals surface area contributed by atoms with Crippen LogP contribution in [-0.4, -0.2) is 30.8 Å². The molecular formula is C14H22N2O2. The quantitative estimate of drug-likeness (QED) is 0.896. The average molecular weight is 250 g/mol. The van der Waals surface area contributed by atoms with Gasteiger partial charge in [-0.1, -0.05) is 44.2 Å². The van der Waals surface area contributed by atoms with E-state index in [2.05, 4.69) is 5.32 Å². The summed E-state index contributed by atoms with van der Waals surface area (Å²) in [4.78, 5) is 24.4. The van der Waals surface area contributed by atoms with Crippen molar-refractivity contribution < 1.29 is 9.59 Å². The van der Waals surface area contributed by atoms with Crippen molar-refractivity contribution in [3.05, 3.63) is 35.9 Å². The minimum Gasteiger partial charge on any atom is -0.331 e. The second kappa shape index (κ2) is 8.28. The molecule has 0 aliphatic carbocycles. The normalized spacial score (nSPS) is 10.7. The van der Waals surface area contributed by atoms with Gasteiger partial charge in [0.25, 0.3) is 0 Å². The first-order valence-corrected chi connectivity index (χ1v) is 6.05. The highest BCUT2D eigenvalue weighted by molar-refractivity contribution is 5.87. The van der Waals surface area contributed by atoms with E-state index in [1.165, 1.54) is 11.8 Å². The molecule has 1 atom stereocenters. The van der Waals surface area contributed by atoms with Crippen molar-refractivity contribution in [3.8, 4) is 0 Å². The number of amides is 2. The Kier molecular flexibility index (Phi) is 7.43. The molecule has 0 aliphatic heterocycles. The Morgan fingerprint density at radius 1 is 1.11 bits per heavy atom. The van der Waals surface area contributed by atoms with E-state index in [-0.39, 0.29) is 11.8 Å². The van der Waals surface area contributed by atoms with Gasteiger partial charge in [0.05, 0.1) is 0 Å². The molecule has 0 fully saturated rings. The fourth-order valence-electron chi connectivity index (χ4n) is 1.32. The molecule has 1 aromatic rings. The number of nitrogens with one attached hydrogen (secondary N) is 1. The number of ketones is 1. The summed E-state index contributed by atoms with van der Waals surface area (Å²) in [6, 6.07) is 8.35. The number of nitrogens with zero attached hydrogens (tertiary/aromatic N) is 1. The second-order valence-corrected chi connectivity index (χ2v) is 3.80. The number of rotatable bonds is 3. The lowest BCUT2D eigenvalue weighted by atomic mass is 10.0. The summed E-state index contributed by atoms with van der Waals surface area (Å²) in [6.07, 6.45) is 0. The largest absolute Gasteiger partial charge is 0.331 e. The lowest BCUT2D eigenvalue weighted by Crippen LogP contribution is -2.39. The van der Waals surface area contributed by atoms with Crippen LogP contribution in [0.4, 0.5) is 4.79 Å². The number of Topliss-reactive ketones (excluding diaryl/α,β-unsaturated/α-hetero) is 1. The summed E-state index contributed by atoms with van der Waals surface area (Å²) in [5.74, 6) is -0.0820. The third-order valence-electron chi connectivity index (χ3n) is 2.21. The maximum Gasteiger partial charge on any atom is 0.317 e. The minimum atomic E-state index is -0.573. The van der Waals surface area contributed by atoms with Crippen molar-refractivity contribution in [1.82, 2.24) is 10.2 Å². The molecule has 100 valence electrons. The molecule has 0 radical (unpaired) electrons. The zero-order valence-corrected chi connectivity index (χ0v) is 11.7. The van der Waals surface area contributed by atoms with Crippen LogP contribution in [0.5, 0.6) is 0 Å². The molecule has 2 amide bonds. The van der Waals surface area contributed by atoms with Crippen LogP contribution in [0.3, 0.4) is 0 Å². The topological polar surface area (TPSA) is 49.4 Å².